The molecule has 0 unspecified atom stereocenters. The van der Waals surface area contributed by atoms with E-state index in [1.807, 2.05) is 0 Å². The van der Waals surface area contributed by atoms with Gasteiger partial charge in [-0.2, -0.15) is 36.4 Å². The van der Waals surface area contributed by atoms with Gasteiger partial charge in [0.2, 0.25) is 0 Å². The summed E-state index contributed by atoms with van der Waals surface area (Å²) in [4.78, 5) is 66.3. The van der Waals surface area contributed by atoms with Crippen molar-refractivity contribution < 1.29 is 50.6 Å². The molecule has 4 heterocycles. The highest BCUT2D eigenvalue weighted by Gasteiger charge is 2.71. The Morgan fingerprint density at radius 3 is 2.17 bits per heavy atom. The van der Waals surface area contributed by atoms with Gasteiger partial charge in [0.1, 0.15) is 11.4 Å². The summed E-state index contributed by atoms with van der Waals surface area (Å²) in [7, 11) is 1.16. The minimum Gasteiger partial charge on any atom is -0.508 e. The number of carbonyl (C=O) groups excluding carboxylic acids is 4. The molecule has 312 valence electrons. The molecule has 2 aliphatic heterocycles. The van der Waals surface area contributed by atoms with Gasteiger partial charge in [-0.15, -0.1) is 0 Å². The Morgan fingerprint density at radius 2 is 1.53 bits per heavy atom. The number of imide groups is 2. The molecule has 2 aliphatic carbocycles. The molecule has 4 aromatic rings. The molecule has 11 nitrogen and oxygen atoms in total. The Kier molecular flexibility index (Phi) is 10.1. The largest absolute Gasteiger partial charge is 0.508 e. The SMILES string of the molecule is CN(c1nc(C(F)(F)F)ccc1Cl)N1C(=O)[C@H]2[C@H](CC=C3[C@H]2C[C@H]2C(=O)N(Nc4ncc(C(F)(F)F)cc4Cl)C(=O)[C@@]2(c2ccc(Cl)cc2)[C@H]3c2ccc(O)cc2Cl)C1=O. The van der Waals surface area contributed by atoms with Crippen LogP contribution in [-0.4, -0.2) is 55.8 Å². The van der Waals surface area contributed by atoms with E-state index in [-0.39, 0.29) is 44.8 Å². The average Bonchev–Trinajstić information content (AvgIpc) is 3.55. The molecule has 60 heavy (non-hydrogen) atoms. The van der Waals surface area contributed by atoms with Crippen LogP contribution in [0.2, 0.25) is 20.1 Å². The van der Waals surface area contributed by atoms with E-state index in [9.17, 15) is 45.8 Å². The molecule has 4 aliphatic rings. The molecule has 2 aromatic heterocycles. The first-order chi connectivity index (χ1) is 28.2. The number of anilines is 2. The Morgan fingerprint density at radius 1 is 0.833 bits per heavy atom. The van der Waals surface area contributed by atoms with Crippen molar-refractivity contribution >= 4 is 81.7 Å². The molecule has 0 radical (unpaired) electrons. The number of phenolic OH excluding ortho intramolecular Hbond substituents is 1. The van der Waals surface area contributed by atoms with Gasteiger partial charge in [0.15, 0.2) is 11.6 Å². The molecular formula is C39H26Cl4F6N6O5. The van der Waals surface area contributed by atoms with Gasteiger partial charge in [0.25, 0.3) is 23.6 Å². The zero-order valence-electron chi connectivity index (χ0n) is 30.3. The van der Waals surface area contributed by atoms with E-state index >= 15 is 4.79 Å². The predicted molar refractivity (Wildman–Crippen MR) is 204 cm³/mol. The second-order valence-electron chi connectivity index (χ2n) is 14.6. The summed E-state index contributed by atoms with van der Waals surface area (Å²) in [5, 5.41) is 11.8. The van der Waals surface area contributed by atoms with E-state index < -0.39 is 98.9 Å². The number of benzene rings is 2. The van der Waals surface area contributed by atoms with Crippen molar-refractivity contribution in [3.63, 3.8) is 0 Å². The van der Waals surface area contributed by atoms with Crippen LogP contribution < -0.4 is 10.4 Å². The molecule has 0 spiro atoms. The summed E-state index contributed by atoms with van der Waals surface area (Å²) in [5.41, 5.74) is -1.05. The van der Waals surface area contributed by atoms with Crippen LogP contribution in [0, 0.1) is 23.7 Å². The average molecular weight is 914 g/mol. The van der Waals surface area contributed by atoms with Crippen LogP contribution in [0.1, 0.15) is 41.1 Å². The zero-order valence-corrected chi connectivity index (χ0v) is 33.3. The van der Waals surface area contributed by atoms with Crippen molar-refractivity contribution in [1.82, 2.24) is 20.0 Å². The first kappa shape index (κ1) is 41.6. The Balaban J connectivity index is 1.28. The normalized spacial score (nSPS) is 25.2. The van der Waals surface area contributed by atoms with Crippen LogP contribution in [0.4, 0.5) is 38.0 Å². The number of halogens is 10. The van der Waals surface area contributed by atoms with Gasteiger partial charge in [-0.3, -0.25) is 29.6 Å². The minimum absolute atomic E-state index is 0.0460. The molecular weight excluding hydrogens is 888 g/mol. The van der Waals surface area contributed by atoms with Crippen LogP contribution in [0.25, 0.3) is 0 Å². The Hall–Kier alpha value is -5.10. The number of alkyl halides is 6. The molecule has 2 saturated heterocycles. The minimum atomic E-state index is -4.89. The Labute approximate surface area is 355 Å². The topological polar surface area (TPSA) is 136 Å². The molecule has 8 rings (SSSR count). The van der Waals surface area contributed by atoms with Gasteiger partial charge in [0, 0.05) is 29.2 Å². The van der Waals surface area contributed by atoms with Crippen LogP contribution in [-0.2, 0) is 36.9 Å². The second kappa shape index (κ2) is 14.5. The van der Waals surface area contributed by atoms with Crippen molar-refractivity contribution in [3.05, 3.63) is 121 Å². The highest BCUT2D eigenvalue weighted by Crippen LogP contribution is 2.65. The molecule has 3 fully saturated rings. The summed E-state index contributed by atoms with van der Waals surface area (Å²) < 4.78 is 81.6. The highest BCUT2D eigenvalue weighted by molar-refractivity contribution is 6.34. The Bertz CT molecular complexity index is 2540. The summed E-state index contributed by atoms with van der Waals surface area (Å²) in [6.45, 7) is 0. The molecule has 2 aromatic carbocycles. The van der Waals surface area contributed by atoms with Gasteiger partial charge in [-0.25, -0.2) is 9.97 Å². The predicted octanol–water partition coefficient (Wildman–Crippen LogP) is 8.87. The summed E-state index contributed by atoms with van der Waals surface area (Å²) in [5.74, 6) is -10.6. The number of amides is 4. The number of nitrogens with one attached hydrogen (secondary N) is 1. The third-order valence-corrected chi connectivity index (χ3v) is 12.7. The number of hydrogen-bond donors (Lipinski definition) is 2. The number of fused-ring (bicyclic) bond motifs is 4. The van der Waals surface area contributed by atoms with Crippen molar-refractivity contribution in [3.8, 4) is 5.75 Å². The lowest BCUT2D eigenvalue weighted by atomic mass is 9.49. The fourth-order valence-electron chi connectivity index (χ4n) is 9.07. The maximum Gasteiger partial charge on any atom is 0.433 e. The molecule has 0 bridgehead atoms. The van der Waals surface area contributed by atoms with Gasteiger partial charge >= 0.3 is 12.4 Å². The number of pyridine rings is 2. The quantitative estimate of drug-likeness (QED) is 0.111. The molecule has 21 heteroatoms. The van der Waals surface area contributed by atoms with E-state index in [0.29, 0.717) is 33.9 Å². The molecule has 1 saturated carbocycles. The fourth-order valence-corrected chi connectivity index (χ4v) is 9.91. The molecule has 4 amide bonds. The monoisotopic (exact) mass is 912 g/mol. The van der Waals surface area contributed by atoms with E-state index in [1.165, 1.54) is 42.5 Å². The van der Waals surface area contributed by atoms with Gasteiger partial charge in [-0.05, 0) is 72.4 Å². The van der Waals surface area contributed by atoms with Gasteiger partial charge < -0.3 is 5.11 Å². The zero-order chi connectivity index (χ0) is 43.4. The van der Waals surface area contributed by atoms with E-state index in [4.69, 9.17) is 46.4 Å². The standard InChI is InChI=1S/C39H26Cl4F6N6O5/c1-53(32-25(41)10-11-28(51-32)39(47,48)49)55-33(57)22-9-8-20-23(29(22)35(55)59)14-24-34(58)54(52-31-27(43)12-17(15-50-31)38(44,45)46)36(60)37(24,16-2-4-18(40)5-3-16)30(20)21-7-6-19(56)13-26(21)42/h2-8,10-13,15,22-24,29-30,56H,9,14H2,1H3,(H,50,52)/t22-,23+,24-,29-,30+,37+/m0/s1. The van der Waals surface area contributed by atoms with Crippen LogP contribution >= 0.6 is 46.4 Å². The lowest BCUT2D eigenvalue weighted by Gasteiger charge is -2.50. The number of hydrogen-bond acceptors (Lipinski definition) is 9. The number of allylic oxidation sites excluding steroid dienone is 2. The van der Waals surface area contributed by atoms with Crippen molar-refractivity contribution in [2.24, 2.45) is 23.7 Å². The highest BCUT2D eigenvalue weighted by atomic mass is 35.5. The maximum atomic E-state index is 15.3. The second-order valence-corrected chi connectivity index (χ2v) is 16.3. The third kappa shape index (κ3) is 6.43. The first-order valence-electron chi connectivity index (χ1n) is 17.8. The number of aromatic hydroxyl groups is 1. The van der Waals surface area contributed by atoms with Crippen LogP contribution in [0.5, 0.6) is 5.75 Å². The van der Waals surface area contributed by atoms with Gasteiger partial charge in [0.05, 0.1) is 38.8 Å². The van der Waals surface area contributed by atoms with Crippen molar-refractivity contribution in [1.29, 1.82) is 0 Å². The lowest BCUT2D eigenvalue weighted by Crippen LogP contribution is -2.53. The third-order valence-electron chi connectivity index (χ3n) is 11.6. The smallest absolute Gasteiger partial charge is 0.433 e. The number of rotatable bonds is 6. The number of aromatic nitrogens is 2. The summed E-state index contributed by atoms with van der Waals surface area (Å²) in [6, 6.07) is 12.1. The van der Waals surface area contributed by atoms with E-state index in [0.717, 1.165) is 18.1 Å². The number of nitrogens with zero attached hydrogens (tertiary/aromatic N) is 5. The first-order valence-corrected chi connectivity index (χ1v) is 19.3. The molecule has 2 N–H and O–H groups in total. The molecule has 6 atom stereocenters. The van der Waals surface area contributed by atoms with Gasteiger partial charge in [-0.1, -0.05) is 76.3 Å². The lowest BCUT2D eigenvalue weighted by molar-refractivity contribution is -0.142. The fraction of sp³-hybridized carbons (Fsp3) is 0.282. The van der Waals surface area contributed by atoms with E-state index in [2.05, 4.69) is 15.4 Å². The summed E-state index contributed by atoms with van der Waals surface area (Å²) in [6.07, 6.45) is -7.94. The van der Waals surface area contributed by atoms with Crippen LogP contribution in [0.15, 0.2) is 78.5 Å². The van der Waals surface area contributed by atoms with Crippen molar-refractivity contribution in [2.45, 2.75) is 36.5 Å². The number of hydrazine groups is 2. The maximum absolute atomic E-state index is 15.3. The summed E-state index contributed by atoms with van der Waals surface area (Å²) >= 11 is 25.6. The number of phenols is 1. The number of carbonyl (C=O) groups is 4. The van der Waals surface area contributed by atoms with Crippen molar-refractivity contribution in [2.75, 3.05) is 17.5 Å². The van der Waals surface area contributed by atoms with E-state index in [1.54, 1.807) is 6.08 Å². The van der Waals surface area contributed by atoms with Crippen LogP contribution in [0.3, 0.4) is 0 Å².